The highest BCUT2D eigenvalue weighted by Crippen LogP contribution is 2.10. The molecule has 1 N–H and O–H groups in total. The maximum atomic E-state index is 13.0. The van der Waals surface area contributed by atoms with Gasteiger partial charge in [-0.2, -0.15) is 0 Å². The summed E-state index contributed by atoms with van der Waals surface area (Å²) in [5.41, 5.74) is 3.18. The van der Waals surface area contributed by atoms with Crippen LogP contribution in [0.25, 0.3) is 0 Å². The number of hydrogen-bond acceptors (Lipinski definition) is 2. The van der Waals surface area contributed by atoms with Gasteiger partial charge in [-0.15, -0.1) is 0 Å². The molecule has 0 saturated carbocycles. The van der Waals surface area contributed by atoms with E-state index in [9.17, 15) is 4.39 Å². The van der Waals surface area contributed by atoms with E-state index in [1.54, 1.807) is 24.7 Å². The van der Waals surface area contributed by atoms with E-state index >= 15 is 0 Å². The molecule has 0 unspecified atom stereocenters. The van der Waals surface area contributed by atoms with Crippen LogP contribution in [0.1, 0.15) is 16.7 Å². The lowest BCUT2D eigenvalue weighted by molar-refractivity contribution is 0.560. The summed E-state index contributed by atoms with van der Waals surface area (Å²) >= 11 is 0. The maximum Gasteiger partial charge on any atom is 0.123 e. The molecule has 0 aliphatic rings. The van der Waals surface area contributed by atoms with Crippen molar-refractivity contribution in [1.82, 2.24) is 5.32 Å². The molecule has 3 heteroatoms. The lowest BCUT2D eigenvalue weighted by atomic mass is 10.1. The number of aryl methyl sites for hydroxylation is 1. The third-order valence-corrected chi connectivity index (χ3v) is 2.54. The maximum absolute atomic E-state index is 13.0. The number of rotatable bonds is 4. The van der Waals surface area contributed by atoms with Crippen LogP contribution in [0.3, 0.4) is 0 Å². The lowest BCUT2D eigenvalue weighted by Crippen LogP contribution is -2.13. The van der Waals surface area contributed by atoms with Crippen molar-refractivity contribution in [3.63, 3.8) is 0 Å². The van der Waals surface area contributed by atoms with Crippen molar-refractivity contribution < 1.29 is 8.81 Å². The van der Waals surface area contributed by atoms with Gasteiger partial charge in [-0.1, -0.05) is 6.07 Å². The zero-order chi connectivity index (χ0) is 11.4. The van der Waals surface area contributed by atoms with Gasteiger partial charge in [-0.05, 0) is 36.2 Å². The molecule has 16 heavy (non-hydrogen) atoms. The molecule has 1 heterocycles. The number of halogens is 1. The van der Waals surface area contributed by atoms with Crippen molar-refractivity contribution in [3.8, 4) is 0 Å². The standard InChI is InChI=1S/C13H14FNO/c1-10-2-3-13(14)6-12(10)8-15-7-11-4-5-16-9-11/h2-6,9,15H,7-8H2,1H3. The van der Waals surface area contributed by atoms with Gasteiger partial charge in [0.15, 0.2) is 0 Å². The summed E-state index contributed by atoms with van der Waals surface area (Å²) in [7, 11) is 0. The molecule has 0 aliphatic heterocycles. The lowest BCUT2D eigenvalue weighted by Gasteiger charge is -2.06. The molecule has 2 rings (SSSR count). The van der Waals surface area contributed by atoms with E-state index in [4.69, 9.17) is 4.42 Å². The molecule has 0 atom stereocenters. The van der Waals surface area contributed by atoms with Gasteiger partial charge in [0.1, 0.15) is 5.82 Å². The van der Waals surface area contributed by atoms with Gasteiger partial charge in [-0.25, -0.2) is 4.39 Å². The predicted molar refractivity (Wildman–Crippen MR) is 60.4 cm³/mol. The van der Waals surface area contributed by atoms with Crippen molar-refractivity contribution in [2.45, 2.75) is 20.0 Å². The van der Waals surface area contributed by atoms with E-state index < -0.39 is 0 Å². The second-order valence-corrected chi connectivity index (χ2v) is 3.81. The highest BCUT2D eigenvalue weighted by molar-refractivity contribution is 5.26. The first-order valence-electron chi connectivity index (χ1n) is 5.22. The Morgan fingerprint density at radius 3 is 2.88 bits per heavy atom. The van der Waals surface area contributed by atoms with Crippen molar-refractivity contribution in [1.29, 1.82) is 0 Å². The average molecular weight is 219 g/mol. The Balaban J connectivity index is 1.92. The van der Waals surface area contributed by atoms with Gasteiger partial charge < -0.3 is 9.73 Å². The summed E-state index contributed by atoms with van der Waals surface area (Å²) in [6.07, 6.45) is 3.34. The SMILES string of the molecule is Cc1ccc(F)cc1CNCc1ccoc1. The minimum atomic E-state index is -0.189. The van der Waals surface area contributed by atoms with Crippen LogP contribution in [0.5, 0.6) is 0 Å². The van der Waals surface area contributed by atoms with E-state index in [2.05, 4.69) is 5.32 Å². The predicted octanol–water partition coefficient (Wildman–Crippen LogP) is 3.02. The molecule has 2 aromatic rings. The zero-order valence-electron chi connectivity index (χ0n) is 9.16. The molecule has 0 fully saturated rings. The second kappa shape index (κ2) is 4.94. The average Bonchev–Trinajstić information content (AvgIpc) is 2.76. The molecule has 0 spiro atoms. The smallest absolute Gasteiger partial charge is 0.123 e. The van der Waals surface area contributed by atoms with Gasteiger partial charge in [0, 0.05) is 18.7 Å². The van der Waals surface area contributed by atoms with E-state index in [0.717, 1.165) is 23.2 Å². The fourth-order valence-corrected chi connectivity index (χ4v) is 1.57. The van der Waals surface area contributed by atoms with Crippen LogP contribution in [-0.4, -0.2) is 0 Å². The van der Waals surface area contributed by atoms with Crippen LogP contribution in [0.2, 0.25) is 0 Å². The molecule has 1 aromatic heterocycles. The molecule has 1 aromatic carbocycles. The van der Waals surface area contributed by atoms with Gasteiger partial charge in [0.05, 0.1) is 12.5 Å². The Bertz CT molecular complexity index is 451. The molecular weight excluding hydrogens is 205 g/mol. The van der Waals surface area contributed by atoms with E-state index in [-0.39, 0.29) is 5.82 Å². The Labute approximate surface area is 94.1 Å². The fourth-order valence-electron chi connectivity index (χ4n) is 1.57. The van der Waals surface area contributed by atoms with Crippen LogP contribution >= 0.6 is 0 Å². The Kier molecular flexibility index (Phi) is 3.37. The summed E-state index contributed by atoms with van der Waals surface area (Å²) in [4.78, 5) is 0. The number of hydrogen-bond donors (Lipinski definition) is 1. The van der Waals surface area contributed by atoms with Gasteiger partial charge in [0.25, 0.3) is 0 Å². The van der Waals surface area contributed by atoms with Crippen molar-refractivity contribution >= 4 is 0 Å². The summed E-state index contributed by atoms with van der Waals surface area (Å²) in [6.45, 7) is 3.37. The third-order valence-electron chi connectivity index (χ3n) is 2.54. The van der Waals surface area contributed by atoms with Crippen molar-refractivity contribution in [2.24, 2.45) is 0 Å². The van der Waals surface area contributed by atoms with Crippen LogP contribution in [0, 0.1) is 12.7 Å². The number of benzene rings is 1. The van der Waals surface area contributed by atoms with E-state index in [1.807, 2.05) is 13.0 Å². The molecule has 0 bridgehead atoms. The Morgan fingerprint density at radius 2 is 2.12 bits per heavy atom. The first kappa shape index (κ1) is 10.9. The van der Waals surface area contributed by atoms with Crippen LogP contribution in [-0.2, 0) is 13.1 Å². The third kappa shape index (κ3) is 2.70. The summed E-state index contributed by atoms with van der Waals surface area (Å²) < 4.78 is 18.0. The quantitative estimate of drug-likeness (QED) is 0.855. The molecule has 84 valence electrons. The fraction of sp³-hybridized carbons (Fsp3) is 0.231. The van der Waals surface area contributed by atoms with Crippen LogP contribution in [0.4, 0.5) is 4.39 Å². The van der Waals surface area contributed by atoms with Crippen molar-refractivity contribution in [3.05, 3.63) is 59.3 Å². The molecule has 0 aliphatic carbocycles. The minimum Gasteiger partial charge on any atom is -0.472 e. The normalized spacial score (nSPS) is 10.6. The van der Waals surface area contributed by atoms with E-state index in [1.165, 1.54) is 6.07 Å². The van der Waals surface area contributed by atoms with Gasteiger partial charge >= 0.3 is 0 Å². The monoisotopic (exact) mass is 219 g/mol. The number of nitrogens with one attached hydrogen (secondary N) is 1. The highest BCUT2D eigenvalue weighted by Gasteiger charge is 2.00. The molecule has 2 nitrogen and oxygen atoms in total. The minimum absolute atomic E-state index is 0.189. The number of furan rings is 1. The van der Waals surface area contributed by atoms with E-state index in [0.29, 0.717) is 6.54 Å². The van der Waals surface area contributed by atoms with Crippen molar-refractivity contribution in [2.75, 3.05) is 0 Å². The first-order chi connectivity index (χ1) is 7.75. The molecular formula is C13H14FNO. The van der Waals surface area contributed by atoms with Crippen LogP contribution < -0.4 is 5.32 Å². The Morgan fingerprint density at radius 1 is 1.25 bits per heavy atom. The summed E-state index contributed by atoms with van der Waals surface area (Å²) in [5, 5.41) is 3.25. The van der Waals surface area contributed by atoms with Gasteiger partial charge in [0.2, 0.25) is 0 Å². The second-order valence-electron chi connectivity index (χ2n) is 3.81. The summed E-state index contributed by atoms with van der Waals surface area (Å²) in [5.74, 6) is -0.189. The topological polar surface area (TPSA) is 25.2 Å². The molecule has 0 radical (unpaired) electrons. The molecule has 0 amide bonds. The summed E-state index contributed by atoms with van der Waals surface area (Å²) in [6, 6.07) is 6.75. The van der Waals surface area contributed by atoms with Gasteiger partial charge in [-0.3, -0.25) is 0 Å². The largest absolute Gasteiger partial charge is 0.472 e. The Hall–Kier alpha value is -1.61. The zero-order valence-corrected chi connectivity index (χ0v) is 9.16. The van der Waals surface area contributed by atoms with Crippen LogP contribution in [0.15, 0.2) is 41.2 Å². The molecule has 0 saturated heterocycles. The first-order valence-corrected chi connectivity index (χ1v) is 5.22. The highest BCUT2D eigenvalue weighted by atomic mass is 19.1.